The van der Waals surface area contributed by atoms with E-state index >= 15 is 0 Å². The lowest BCUT2D eigenvalue weighted by Gasteiger charge is -2.24. The van der Waals surface area contributed by atoms with Gasteiger partial charge < -0.3 is 20.1 Å². The number of fused-ring (bicyclic) bond motifs is 1. The van der Waals surface area contributed by atoms with Crippen molar-refractivity contribution < 1.29 is 23.5 Å². The molecule has 2 aromatic heterocycles. The van der Waals surface area contributed by atoms with Gasteiger partial charge in [-0.25, -0.2) is 9.55 Å². The molecule has 2 aromatic rings. The SMILES string of the molecule is CC[C@H](COP(=O)(S)OC)O[C@H](CO)n1cnc2c(=O)[nH]c(N)nc21. The molecular formula is C12H20N5O6PS. The summed E-state index contributed by atoms with van der Waals surface area (Å²) in [5.41, 5.74) is 5.30. The fourth-order valence-corrected chi connectivity index (χ4v) is 2.72. The first-order valence-electron chi connectivity index (χ1n) is 7.33. The monoisotopic (exact) mass is 393 g/mol. The van der Waals surface area contributed by atoms with Gasteiger partial charge in [-0.1, -0.05) is 19.2 Å². The van der Waals surface area contributed by atoms with E-state index in [0.29, 0.717) is 6.42 Å². The van der Waals surface area contributed by atoms with Gasteiger partial charge in [-0.05, 0) is 6.42 Å². The van der Waals surface area contributed by atoms with E-state index in [4.69, 9.17) is 15.0 Å². The Balaban J connectivity index is 2.21. The van der Waals surface area contributed by atoms with Crippen LogP contribution in [-0.2, 0) is 18.3 Å². The molecule has 0 aliphatic heterocycles. The molecule has 3 atom stereocenters. The van der Waals surface area contributed by atoms with E-state index in [-0.39, 0.29) is 23.7 Å². The lowest BCUT2D eigenvalue weighted by Crippen LogP contribution is -2.26. The van der Waals surface area contributed by atoms with Crippen molar-refractivity contribution in [3.05, 3.63) is 16.7 Å². The fraction of sp³-hybridized carbons (Fsp3) is 0.583. The summed E-state index contributed by atoms with van der Waals surface area (Å²) in [6.45, 7) is -2.10. The Bertz CT molecular complexity index is 826. The van der Waals surface area contributed by atoms with Gasteiger partial charge in [0, 0.05) is 7.11 Å². The molecule has 4 N–H and O–H groups in total. The minimum atomic E-state index is -3.45. The van der Waals surface area contributed by atoms with E-state index in [1.165, 1.54) is 18.0 Å². The van der Waals surface area contributed by atoms with Crippen molar-refractivity contribution in [1.29, 1.82) is 0 Å². The highest BCUT2D eigenvalue weighted by atomic mass is 32.7. The van der Waals surface area contributed by atoms with E-state index in [0.717, 1.165) is 0 Å². The Hall–Kier alpha value is -1.43. The van der Waals surface area contributed by atoms with Gasteiger partial charge in [0.05, 0.1) is 25.6 Å². The average molecular weight is 393 g/mol. The molecule has 2 rings (SSSR count). The van der Waals surface area contributed by atoms with Crippen molar-refractivity contribution in [2.75, 3.05) is 26.1 Å². The van der Waals surface area contributed by atoms with Crippen molar-refractivity contribution in [2.45, 2.75) is 25.7 Å². The van der Waals surface area contributed by atoms with Crippen LogP contribution in [-0.4, -0.2) is 51.1 Å². The molecule has 0 aliphatic rings. The van der Waals surface area contributed by atoms with Crippen LogP contribution in [0.5, 0.6) is 0 Å². The number of aromatic amines is 1. The number of hydrogen-bond donors (Lipinski definition) is 4. The van der Waals surface area contributed by atoms with Crippen LogP contribution in [0.3, 0.4) is 0 Å². The zero-order valence-corrected chi connectivity index (χ0v) is 15.4. The maximum atomic E-state index is 11.8. The van der Waals surface area contributed by atoms with Crippen molar-refractivity contribution >= 4 is 36.2 Å². The van der Waals surface area contributed by atoms with Gasteiger partial charge >= 0.3 is 6.80 Å². The van der Waals surface area contributed by atoms with Gasteiger partial charge in [0.2, 0.25) is 5.95 Å². The highest BCUT2D eigenvalue weighted by Gasteiger charge is 2.24. The van der Waals surface area contributed by atoms with Crippen LogP contribution in [0.4, 0.5) is 5.95 Å². The Morgan fingerprint density at radius 1 is 1.56 bits per heavy atom. The number of aromatic nitrogens is 4. The number of aliphatic hydroxyl groups excluding tert-OH is 1. The molecule has 0 aliphatic carbocycles. The van der Waals surface area contributed by atoms with E-state index in [9.17, 15) is 14.5 Å². The lowest BCUT2D eigenvalue weighted by atomic mass is 10.3. The lowest BCUT2D eigenvalue weighted by molar-refractivity contribution is -0.0927. The molecule has 0 amide bonds. The molecule has 0 aromatic carbocycles. The second kappa shape index (κ2) is 8.30. The van der Waals surface area contributed by atoms with Crippen LogP contribution < -0.4 is 11.3 Å². The van der Waals surface area contributed by atoms with Gasteiger partial charge in [-0.2, -0.15) is 4.98 Å². The number of thiol groups is 1. The normalized spacial score (nSPS) is 16.6. The molecule has 13 heteroatoms. The summed E-state index contributed by atoms with van der Waals surface area (Å²) in [4.78, 5) is 22.1. The molecule has 0 bridgehead atoms. The summed E-state index contributed by atoms with van der Waals surface area (Å²) in [6, 6.07) is 0. The quantitative estimate of drug-likeness (QED) is 0.356. The van der Waals surface area contributed by atoms with Crippen LogP contribution >= 0.6 is 19.0 Å². The van der Waals surface area contributed by atoms with Crippen LogP contribution in [0, 0.1) is 0 Å². The average Bonchev–Trinajstić information content (AvgIpc) is 2.99. The maximum absolute atomic E-state index is 11.8. The number of rotatable bonds is 9. The van der Waals surface area contributed by atoms with E-state index in [2.05, 4.69) is 31.7 Å². The summed E-state index contributed by atoms with van der Waals surface area (Å²) in [5.74, 6) is -0.0811. The first kappa shape index (κ1) is 19.9. The first-order valence-corrected chi connectivity index (χ1v) is 10.0. The third-order valence-corrected chi connectivity index (χ3v) is 5.15. The summed E-state index contributed by atoms with van der Waals surface area (Å²) in [7, 11) is 1.22. The van der Waals surface area contributed by atoms with E-state index in [1.807, 2.05) is 6.92 Å². The van der Waals surface area contributed by atoms with Crippen LogP contribution in [0.25, 0.3) is 11.2 Å². The topological polar surface area (TPSA) is 155 Å². The molecule has 2 heterocycles. The summed E-state index contributed by atoms with van der Waals surface area (Å²) in [5, 5.41) is 9.66. The third kappa shape index (κ3) is 4.81. The summed E-state index contributed by atoms with van der Waals surface area (Å²) < 4.78 is 28.6. The number of nitrogen functional groups attached to an aromatic ring is 1. The standard InChI is InChI=1S/C12H20N5O6PS/c1-3-7(5-22-24(20,25)21-2)23-8(4-18)17-6-14-9-10(17)15-12(13)16-11(9)19/h6-8,18H,3-5H2,1-2H3,(H,20,25)(H3,13,15,16,19)/t7-,8-,24?/m1/s1. The Labute approximate surface area is 148 Å². The van der Waals surface area contributed by atoms with Crippen molar-refractivity contribution in [2.24, 2.45) is 0 Å². The molecule has 0 fully saturated rings. The molecule has 0 saturated heterocycles. The molecular weight excluding hydrogens is 373 g/mol. The number of nitrogens with zero attached hydrogens (tertiary/aromatic N) is 3. The van der Waals surface area contributed by atoms with Gasteiger partial charge in [0.1, 0.15) is 0 Å². The number of anilines is 1. The highest BCUT2D eigenvalue weighted by molar-refractivity contribution is 8.44. The number of H-pyrrole nitrogens is 1. The smallest absolute Gasteiger partial charge is 0.385 e. The number of hydrogen-bond acceptors (Lipinski definition) is 9. The maximum Gasteiger partial charge on any atom is 0.385 e. The van der Waals surface area contributed by atoms with Crippen LogP contribution in [0.2, 0.25) is 0 Å². The Morgan fingerprint density at radius 2 is 2.28 bits per heavy atom. The largest absolute Gasteiger partial charge is 0.392 e. The molecule has 0 saturated carbocycles. The zero-order valence-electron chi connectivity index (χ0n) is 13.7. The molecule has 0 radical (unpaired) electrons. The van der Waals surface area contributed by atoms with Crippen molar-refractivity contribution in [3.8, 4) is 0 Å². The molecule has 0 spiro atoms. The fourth-order valence-electron chi connectivity index (χ4n) is 2.06. The number of imidazole rings is 1. The Morgan fingerprint density at radius 3 is 2.88 bits per heavy atom. The number of ether oxygens (including phenoxy) is 1. The predicted octanol–water partition coefficient (Wildman–Crippen LogP) is 0.689. The second-order valence-electron chi connectivity index (χ2n) is 5.03. The molecule has 1 unspecified atom stereocenters. The van der Waals surface area contributed by atoms with Gasteiger partial charge in [0.15, 0.2) is 17.4 Å². The van der Waals surface area contributed by atoms with Crippen LogP contribution in [0.1, 0.15) is 19.6 Å². The minimum absolute atomic E-state index is 0.0651. The highest BCUT2D eigenvalue weighted by Crippen LogP contribution is 2.52. The van der Waals surface area contributed by atoms with Crippen molar-refractivity contribution in [1.82, 2.24) is 19.5 Å². The molecule has 25 heavy (non-hydrogen) atoms. The predicted molar refractivity (Wildman–Crippen MR) is 93.4 cm³/mol. The van der Waals surface area contributed by atoms with E-state index < -0.39 is 31.3 Å². The van der Waals surface area contributed by atoms with Gasteiger partial charge in [-0.3, -0.25) is 18.9 Å². The van der Waals surface area contributed by atoms with Crippen LogP contribution in [0.15, 0.2) is 11.1 Å². The van der Waals surface area contributed by atoms with Crippen molar-refractivity contribution in [3.63, 3.8) is 0 Å². The van der Waals surface area contributed by atoms with Gasteiger partial charge in [-0.15, -0.1) is 0 Å². The second-order valence-corrected chi connectivity index (χ2v) is 8.06. The number of nitrogens with two attached hydrogens (primary N) is 1. The minimum Gasteiger partial charge on any atom is -0.392 e. The van der Waals surface area contributed by atoms with E-state index in [1.54, 1.807) is 0 Å². The summed E-state index contributed by atoms with van der Waals surface area (Å²) in [6.07, 6.45) is 0.398. The Kier molecular flexibility index (Phi) is 6.60. The van der Waals surface area contributed by atoms with Gasteiger partial charge in [0.25, 0.3) is 5.56 Å². The summed E-state index contributed by atoms with van der Waals surface area (Å²) >= 11 is 3.77. The zero-order chi connectivity index (χ0) is 18.6. The first-order chi connectivity index (χ1) is 11.8. The number of aliphatic hydroxyl groups is 1. The molecule has 11 nitrogen and oxygen atoms in total. The number of nitrogens with one attached hydrogen (secondary N) is 1. The third-order valence-electron chi connectivity index (χ3n) is 3.38. The molecule has 140 valence electrons.